The van der Waals surface area contributed by atoms with Gasteiger partial charge in [-0.1, -0.05) is 6.07 Å². The van der Waals surface area contributed by atoms with E-state index < -0.39 is 6.10 Å². The Balaban J connectivity index is 1.60. The van der Waals surface area contributed by atoms with Crippen molar-refractivity contribution in [1.29, 1.82) is 0 Å². The Morgan fingerprint density at radius 3 is 3.05 bits per heavy atom. The molecule has 2 aromatic rings. The number of ether oxygens (including phenoxy) is 1. The molecule has 0 aromatic carbocycles. The van der Waals surface area contributed by atoms with E-state index in [1.54, 1.807) is 16.0 Å². The van der Waals surface area contributed by atoms with Crippen LogP contribution in [0.5, 0.6) is 0 Å². The van der Waals surface area contributed by atoms with E-state index in [-0.39, 0.29) is 0 Å². The van der Waals surface area contributed by atoms with Crippen LogP contribution < -0.4 is 5.32 Å². The van der Waals surface area contributed by atoms with Crippen LogP contribution in [0.3, 0.4) is 0 Å². The Labute approximate surface area is 123 Å². The molecule has 2 rings (SSSR count). The summed E-state index contributed by atoms with van der Waals surface area (Å²) in [5.41, 5.74) is 2.17. The number of nitrogens with zero attached hydrogens (tertiary/aromatic N) is 2. The quantitative estimate of drug-likeness (QED) is 0.774. The van der Waals surface area contributed by atoms with Crippen LogP contribution >= 0.6 is 11.3 Å². The first kappa shape index (κ1) is 15.2. The topological polar surface area (TPSA) is 59.3 Å². The molecule has 0 amide bonds. The molecule has 0 fully saturated rings. The van der Waals surface area contributed by atoms with Gasteiger partial charge in [-0.2, -0.15) is 5.10 Å². The third-order valence-electron chi connectivity index (χ3n) is 2.95. The van der Waals surface area contributed by atoms with Gasteiger partial charge in [-0.3, -0.25) is 4.68 Å². The lowest BCUT2D eigenvalue weighted by molar-refractivity contribution is 0.0297. The van der Waals surface area contributed by atoms with E-state index in [4.69, 9.17) is 4.74 Å². The molecule has 0 saturated carbocycles. The zero-order chi connectivity index (χ0) is 14.4. The largest absolute Gasteiger partial charge is 0.389 e. The van der Waals surface area contributed by atoms with Gasteiger partial charge in [0.2, 0.25) is 0 Å². The molecule has 0 aliphatic carbocycles. The van der Waals surface area contributed by atoms with Crippen LogP contribution in [-0.4, -0.2) is 34.1 Å². The van der Waals surface area contributed by atoms with Crippen molar-refractivity contribution in [1.82, 2.24) is 15.1 Å². The molecule has 5 nitrogen and oxygen atoms in total. The number of rotatable bonds is 8. The fourth-order valence-corrected chi connectivity index (χ4v) is 2.59. The summed E-state index contributed by atoms with van der Waals surface area (Å²) in [6, 6.07) is 4.03. The van der Waals surface area contributed by atoms with Crippen molar-refractivity contribution in [3.05, 3.63) is 39.8 Å². The fourth-order valence-electron chi connectivity index (χ4n) is 1.94. The molecule has 110 valence electrons. The predicted molar refractivity (Wildman–Crippen MR) is 79.6 cm³/mol. The average Bonchev–Trinajstić information content (AvgIpc) is 3.00. The third kappa shape index (κ3) is 4.72. The molecule has 0 bridgehead atoms. The van der Waals surface area contributed by atoms with Crippen molar-refractivity contribution >= 4 is 11.3 Å². The van der Waals surface area contributed by atoms with Crippen LogP contribution in [0.2, 0.25) is 0 Å². The standard InChI is InChI=1S/C14H21N3O2S/c1-11-12(8-17(2)16-11)6-15-7-13(18)9-19-10-14-4-3-5-20-14/h3-5,8,13,15,18H,6-7,9-10H2,1-2H3. The van der Waals surface area contributed by atoms with E-state index >= 15 is 0 Å². The highest BCUT2D eigenvalue weighted by Gasteiger charge is 2.06. The van der Waals surface area contributed by atoms with Crippen LogP contribution in [0.1, 0.15) is 16.1 Å². The molecular formula is C14H21N3O2S. The summed E-state index contributed by atoms with van der Waals surface area (Å²) >= 11 is 1.66. The van der Waals surface area contributed by atoms with Gasteiger partial charge >= 0.3 is 0 Å². The Hall–Kier alpha value is -1.21. The van der Waals surface area contributed by atoms with Crippen LogP contribution in [0.4, 0.5) is 0 Å². The number of thiophene rings is 1. The molecular weight excluding hydrogens is 274 g/mol. The van der Waals surface area contributed by atoms with Crippen LogP contribution in [0, 0.1) is 6.92 Å². The minimum absolute atomic E-state index is 0.344. The minimum Gasteiger partial charge on any atom is -0.389 e. The minimum atomic E-state index is -0.494. The van der Waals surface area contributed by atoms with Gasteiger partial charge in [0, 0.05) is 36.8 Å². The second kappa shape index (κ2) is 7.54. The molecule has 6 heteroatoms. The van der Waals surface area contributed by atoms with Gasteiger partial charge in [0.15, 0.2) is 0 Å². The van der Waals surface area contributed by atoms with Gasteiger partial charge in [0.1, 0.15) is 0 Å². The van der Waals surface area contributed by atoms with Crippen molar-refractivity contribution < 1.29 is 9.84 Å². The Bertz CT molecular complexity index is 510. The number of hydrogen-bond acceptors (Lipinski definition) is 5. The maximum atomic E-state index is 9.83. The number of aryl methyl sites for hydroxylation is 2. The molecule has 2 N–H and O–H groups in total. The average molecular weight is 295 g/mol. The maximum absolute atomic E-state index is 9.83. The van der Waals surface area contributed by atoms with Crippen molar-refractivity contribution in [2.75, 3.05) is 13.2 Å². The molecule has 20 heavy (non-hydrogen) atoms. The highest BCUT2D eigenvalue weighted by Crippen LogP contribution is 2.09. The molecule has 0 saturated heterocycles. The number of aromatic nitrogens is 2. The van der Waals surface area contributed by atoms with Gasteiger partial charge in [0.05, 0.1) is 25.0 Å². The summed E-state index contributed by atoms with van der Waals surface area (Å²) < 4.78 is 7.27. The second-order valence-corrected chi connectivity index (χ2v) is 5.82. The van der Waals surface area contributed by atoms with E-state index in [2.05, 4.69) is 10.4 Å². The SMILES string of the molecule is Cc1nn(C)cc1CNCC(O)COCc1cccs1. The van der Waals surface area contributed by atoms with Crippen LogP contribution in [0.15, 0.2) is 23.7 Å². The zero-order valence-electron chi connectivity index (χ0n) is 11.9. The lowest BCUT2D eigenvalue weighted by Gasteiger charge is -2.11. The predicted octanol–water partition coefficient (Wildman–Crippen LogP) is 1.46. The molecule has 0 aliphatic heterocycles. The van der Waals surface area contributed by atoms with Crippen molar-refractivity contribution in [2.45, 2.75) is 26.2 Å². The Morgan fingerprint density at radius 2 is 2.40 bits per heavy atom. The Kier molecular flexibility index (Phi) is 5.72. The van der Waals surface area contributed by atoms with E-state index in [0.29, 0.717) is 26.3 Å². The van der Waals surface area contributed by atoms with Crippen molar-refractivity contribution in [3.8, 4) is 0 Å². The summed E-state index contributed by atoms with van der Waals surface area (Å²) in [5.74, 6) is 0. The monoisotopic (exact) mass is 295 g/mol. The van der Waals surface area contributed by atoms with Crippen LogP contribution in [0.25, 0.3) is 0 Å². The number of nitrogens with one attached hydrogen (secondary N) is 1. The van der Waals surface area contributed by atoms with E-state index in [1.165, 1.54) is 4.88 Å². The third-order valence-corrected chi connectivity index (χ3v) is 3.80. The van der Waals surface area contributed by atoms with Gasteiger partial charge in [-0.05, 0) is 18.4 Å². The van der Waals surface area contributed by atoms with Gasteiger partial charge in [-0.15, -0.1) is 11.3 Å². The van der Waals surface area contributed by atoms with E-state index in [1.807, 2.05) is 37.7 Å². The first-order valence-electron chi connectivity index (χ1n) is 6.63. The first-order valence-corrected chi connectivity index (χ1v) is 7.51. The van der Waals surface area contributed by atoms with Crippen LogP contribution in [-0.2, 0) is 24.9 Å². The summed E-state index contributed by atoms with van der Waals surface area (Å²) in [5, 5.41) is 19.3. The second-order valence-electron chi connectivity index (χ2n) is 4.79. The number of aliphatic hydroxyl groups is 1. The number of aliphatic hydroxyl groups excluding tert-OH is 1. The number of hydrogen-bond donors (Lipinski definition) is 2. The summed E-state index contributed by atoms with van der Waals surface area (Å²) in [6.07, 6.45) is 1.49. The van der Waals surface area contributed by atoms with E-state index in [9.17, 15) is 5.11 Å². The highest BCUT2D eigenvalue weighted by molar-refractivity contribution is 7.09. The Morgan fingerprint density at radius 1 is 1.55 bits per heavy atom. The molecule has 2 aromatic heterocycles. The smallest absolute Gasteiger partial charge is 0.0897 e. The first-order chi connectivity index (χ1) is 9.65. The molecule has 0 aliphatic rings. The normalized spacial score (nSPS) is 12.8. The van der Waals surface area contributed by atoms with Crippen molar-refractivity contribution in [3.63, 3.8) is 0 Å². The van der Waals surface area contributed by atoms with Gasteiger partial charge in [0.25, 0.3) is 0 Å². The van der Waals surface area contributed by atoms with Crippen molar-refractivity contribution in [2.24, 2.45) is 7.05 Å². The summed E-state index contributed by atoms with van der Waals surface area (Å²) in [6.45, 7) is 4.12. The zero-order valence-corrected chi connectivity index (χ0v) is 12.7. The molecule has 2 heterocycles. The molecule has 0 spiro atoms. The molecule has 0 radical (unpaired) electrons. The van der Waals surface area contributed by atoms with Gasteiger partial charge < -0.3 is 15.2 Å². The lowest BCUT2D eigenvalue weighted by atomic mass is 10.2. The van der Waals surface area contributed by atoms with E-state index in [0.717, 1.165) is 11.3 Å². The maximum Gasteiger partial charge on any atom is 0.0897 e. The van der Waals surface area contributed by atoms with Gasteiger partial charge in [-0.25, -0.2) is 0 Å². The summed E-state index contributed by atoms with van der Waals surface area (Å²) in [7, 11) is 1.91. The fraction of sp³-hybridized carbons (Fsp3) is 0.500. The summed E-state index contributed by atoms with van der Waals surface area (Å²) in [4.78, 5) is 1.18. The molecule has 1 atom stereocenters. The molecule has 1 unspecified atom stereocenters. The lowest BCUT2D eigenvalue weighted by Crippen LogP contribution is -2.30. The highest BCUT2D eigenvalue weighted by atomic mass is 32.1.